The van der Waals surface area contributed by atoms with E-state index < -0.39 is 12.0 Å². The Morgan fingerprint density at radius 1 is 1.47 bits per heavy atom. The molecule has 5 heteroatoms. The van der Waals surface area contributed by atoms with Crippen LogP contribution in [0.4, 0.5) is 5.69 Å². The summed E-state index contributed by atoms with van der Waals surface area (Å²) in [6.45, 7) is 2.64. The second kappa shape index (κ2) is 5.30. The number of carbonyl (C=O) groups is 2. The van der Waals surface area contributed by atoms with Crippen molar-refractivity contribution in [2.45, 2.75) is 25.8 Å². The number of benzene rings is 1. The maximum atomic E-state index is 12.3. The van der Waals surface area contributed by atoms with E-state index in [0.29, 0.717) is 12.0 Å². The summed E-state index contributed by atoms with van der Waals surface area (Å²) in [7, 11) is 1.53. The van der Waals surface area contributed by atoms with Gasteiger partial charge in [0.2, 0.25) is 0 Å². The van der Waals surface area contributed by atoms with Crippen LogP contribution in [-0.4, -0.2) is 41.5 Å². The Balaban J connectivity index is 2.21. The van der Waals surface area contributed by atoms with Crippen LogP contribution in [0.3, 0.4) is 0 Å². The van der Waals surface area contributed by atoms with E-state index in [-0.39, 0.29) is 5.91 Å². The highest BCUT2D eigenvalue weighted by Crippen LogP contribution is 2.24. The first-order valence-corrected chi connectivity index (χ1v) is 6.41. The summed E-state index contributed by atoms with van der Waals surface area (Å²) in [5, 5.41) is 12.3. The first-order valence-electron chi connectivity index (χ1n) is 6.41. The number of hydrogen-bond acceptors (Lipinski definition) is 3. The summed E-state index contributed by atoms with van der Waals surface area (Å²) in [6, 6.07) is 4.71. The second-order valence-corrected chi connectivity index (χ2v) is 4.73. The maximum Gasteiger partial charge on any atom is 0.326 e. The summed E-state index contributed by atoms with van der Waals surface area (Å²) in [4.78, 5) is 24.7. The van der Waals surface area contributed by atoms with E-state index in [1.807, 2.05) is 6.07 Å². The lowest BCUT2D eigenvalue weighted by Gasteiger charge is -2.24. The lowest BCUT2D eigenvalue weighted by molar-refractivity contribution is -0.142. The van der Waals surface area contributed by atoms with Crippen molar-refractivity contribution in [3.8, 4) is 0 Å². The zero-order chi connectivity index (χ0) is 14.0. The van der Waals surface area contributed by atoms with Crippen molar-refractivity contribution in [2.24, 2.45) is 0 Å². The average molecular weight is 262 g/mol. The molecule has 1 aromatic carbocycles. The highest BCUT2D eigenvalue weighted by molar-refractivity contribution is 5.97. The van der Waals surface area contributed by atoms with Crippen LogP contribution in [0.25, 0.3) is 0 Å². The molecule has 0 radical (unpaired) electrons. The Morgan fingerprint density at radius 2 is 2.21 bits per heavy atom. The Morgan fingerprint density at radius 3 is 2.84 bits per heavy atom. The fourth-order valence-corrected chi connectivity index (χ4v) is 2.38. The van der Waals surface area contributed by atoms with Gasteiger partial charge in [-0.1, -0.05) is 13.0 Å². The number of hydrogen-bond donors (Lipinski definition) is 2. The predicted octanol–water partition coefficient (Wildman–Crippen LogP) is 1.59. The number of fused-ring (bicyclic) bond motifs is 1. The molecule has 1 aliphatic rings. The molecule has 0 spiro atoms. The van der Waals surface area contributed by atoms with E-state index in [1.165, 1.54) is 17.5 Å². The van der Waals surface area contributed by atoms with Crippen LogP contribution >= 0.6 is 0 Å². The quantitative estimate of drug-likeness (QED) is 0.864. The van der Waals surface area contributed by atoms with Crippen molar-refractivity contribution in [2.75, 3.05) is 18.9 Å². The number of rotatable bonds is 4. The molecule has 0 aromatic heterocycles. The molecule has 0 bridgehead atoms. The van der Waals surface area contributed by atoms with Gasteiger partial charge in [0.25, 0.3) is 5.91 Å². The molecule has 1 amide bonds. The summed E-state index contributed by atoms with van der Waals surface area (Å²) in [5.41, 5.74) is 2.70. The number of nitrogens with one attached hydrogen (secondary N) is 1. The Bertz CT molecular complexity index is 513. The Kier molecular flexibility index (Phi) is 3.74. The maximum absolute atomic E-state index is 12.3. The standard InChI is InChI=1S/C14H18N2O3/c1-3-12(14(18)19)16(2)13(17)10-5-4-9-6-7-15-11(9)8-10/h4-5,8,12,15H,3,6-7H2,1-2H3,(H,18,19). The number of nitrogens with zero attached hydrogens (tertiary/aromatic N) is 1. The van der Waals surface area contributed by atoms with Gasteiger partial charge in [0.1, 0.15) is 6.04 Å². The van der Waals surface area contributed by atoms with Crippen molar-refractivity contribution in [1.82, 2.24) is 4.90 Å². The van der Waals surface area contributed by atoms with Crippen molar-refractivity contribution >= 4 is 17.6 Å². The highest BCUT2D eigenvalue weighted by Gasteiger charge is 2.26. The van der Waals surface area contributed by atoms with E-state index in [9.17, 15) is 9.59 Å². The lowest BCUT2D eigenvalue weighted by atomic mass is 10.1. The fourth-order valence-electron chi connectivity index (χ4n) is 2.38. The topological polar surface area (TPSA) is 69.6 Å². The summed E-state index contributed by atoms with van der Waals surface area (Å²) in [6.07, 6.45) is 1.35. The Hall–Kier alpha value is -2.04. The van der Waals surface area contributed by atoms with E-state index in [4.69, 9.17) is 5.11 Å². The van der Waals surface area contributed by atoms with Crippen LogP contribution in [0.15, 0.2) is 18.2 Å². The molecule has 0 aliphatic carbocycles. The van der Waals surface area contributed by atoms with Crippen LogP contribution in [0.1, 0.15) is 29.3 Å². The normalized spacial score (nSPS) is 14.4. The van der Waals surface area contributed by atoms with Gasteiger partial charge in [0.05, 0.1) is 0 Å². The van der Waals surface area contributed by atoms with Crippen molar-refractivity contribution in [3.05, 3.63) is 29.3 Å². The first-order chi connectivity index (χ1) is 9.04. The fraction of sp³-hybridized carbons (Fsp3) is 0.429. The molecular formula is C14H18N2O3. The summed E-state index contributed by atoms with van der Waals surface area (Å²) in [5.74, 6) is -1.23. The number of carbonyl (C=O) groups excluding carboxylic acids is 1. The zero-order valence-corrected chi connectivity index (χ0v) is 11.1. The van der Waals surface area contributed by atoms with E-state index in [1.54, 1.807) is 19.1 Å². The third-order valence-electron chi connectivity index (χ3n) is 3.53. The zero-order valence-electron chi connectivity index (χ0n) is 11.1. The van der Waals surface area contributed by atoms with Crippen LogP contribution in [0.5, 0.6) is 0 Å². The molecule has 19 heavy (non-hydrogen) atoms. The summed E-state index contributed by atoms with van der Waals surface area (Å²) < 4.78 is 0. The predicted molar refractivity (Wildman–Crippen MR) is 72.4 cm³/mol. The lowest BCUT2D eigenvalue weighted by Crippen LogP contribution is -2.41. The molecule has 2 rings (SSSR count). The van der Waals surface area contributed by atoms with Crippen LogP contribution in [0.2, 0.25) is 0 Å². The number of likely N-dealkylation sites (N-methyl/N-ethyl adjacent to an activating group) is 1. The number of aliphatic carboxylic acids is 1. The van der Waals surface area contributed by atoms with Gasteiger partial charge in [-0.2, -0.15) is 0 Å². The second-order valence-electron chi connectivity index (χ2n) is 4.73. The first kappa shape index (κ1) is 13.4. The third-order valence-corrected chi connectivity index (χ3v) is 3.53. The molecule has 1 aromatic rings. The van der Waals surface area contributed by atoms with E-state index in [2.05, 4.69) is 5.32 Å². The number of amides is 1. The molecule has 1 heterocycles. The van der Waals surface area contributed by atoms with Crippen LogP contribution in [0, 0.1) is 0 Å². The minimum absolute atomic E-state index is 0.259. The van der Waals surface area contributed by atoms with Gasteiger partial charge in [-0.15, -0.1) is 0 Å². The Labute approximate surface area is 112 Å². The smallest absolute Gasteiger partial charge is 0.326 e. The van der Waals surface area contributed by atoms with E-state index in [0.717, 1.165) is 18.7 Å². The molecule has 2 N–H and O–H groups in total. The van der Waals surface area contributed by atoms with Gasteiger partial charge >= 0.3 is 5.97 Å². The van der Waals surface area contributed by atoms with Crippen LogP contribution < -0.4 is 5.32 Å². The van der Waals surface area contributed by atoms with Gasteiger partial charge in [-0.05, 0) is 30.5 Å². The molecule has 102 valence electrons. The molecule has 1 aliphatic heterocycles. The third kappa shape index (κ3) is 2.54. The SMILES string of the molecule is CCC(C(=O)O)N(C)C(=O)c1ccc2c(c1)NCC2. The molecule has 5 nitrogen and oxygen atoms in total. The number of carboxylic acids is 1. The number of anilines is 1. The molecule has 0 saturated heterocycles. The van der Waals surface area contributed by atoms with Crippen molar-refractivity contribution in [1.29, 1.82) is 0 Å². The monoisotopic (exact) mass is 262 g/mol. The minimum Gasteiger partial charge on any atom is -0.480 e. The largest absolute Gasteiger partial charge is 0.480 e. The van der Waals surface area contributed by atoms with Gasteiger partial charge in [0.15, 0.2) is 0 Å². The van der Waals surface area contributed by atoms with Gasteiger partial charge in [-0.3, -0.25) is 4.79 Å². The molecule has 0 fully saturated rings. The van der Waals surface area contributed by atoms with Crippen LogP contribution in [-0.2, 0) is 11.2 Å². The molecule has 1 atom stereocenters. The van der Waals surface area contributed by atoms with E-state index >= 15 is 0 Å². The average Bonchev–Trinajstić information content (AvgIpc) is 2.85. The highest BCUT2D eigenvalue weighted by atomic mass is 16.4. The molecular weight excluding hydrogens is 244 g/mol. The molecule has 1 unspecified atom stereocenters. The van der Waals surface area contributed by atoms with Gasteiger partial charge < -0.3 is 15.3 Å². The van der Waals surface area contributed by atoms with Gasteiger partial charge in [-0.25, -0.2) is 4.79 Å². The minimum atomic E-state index is -0.974. The van der Waals surface area contributed by atoms with Gasteiger partial charge in [0, 0.05) is 24.8 Å². The van der Waals surface area contributed by atoms with Crippen molar-refractivity contribution < 1.29 is 14.7 Å². The number of carboxylic acid groups (broad SMARTS) is 1. The molecule has 0 saturated carbocycles. The summed E-state index contributed by atoms with van der Waals surface area (Å²) >= 11 is 0. The van der Waals surface area contributed by atoms with Crippen molar-refractivity contribution in [3.63, 3.8) is 0 Å².